The highest BCUT2D eigenvalue weighted by Gasteiger charge is 2.29. The minimum Gasteiger partial charge on any atom is -0.321 e. The van der Waals surface area contributed by atoms with Crippen LogP contribution in [0.15, 0.2) is 36.4 Å². The first kappa shape index (κ1) is 15.7. The molecule has 1 aliphatic rings. The number of hydrogen-bond donors (Lipinski definition) is 2. The van der Waals surface area contributed by atoms with Gasteiger partial charge in [-0.15, -0.1) is 0 Å². The van der Waals surface area contributed by atoms with Gasteiger partial charge in [-0.3, -0.25) is 4.79 Å². The van der Waals surface area contributed by atoms with Crippen molar-refractivity contribution in [2.24, 2.45) is 0 Å². The number of benzene rings is 2. The summed E-state index contributed by atoms with van der Waals surface area (Å²) >= 11 is 6.22. The van der Waals surface area contributed by atoms with Gasteiger partial charge in [0.25, 0.3) is 5.91 Å². The predicted molar refractivity (Wildman–Crippen MR) is 90.3 cm³/mol. The molecule has 23 heavy (non-hydrogen) atoms. The molecule has 3 rings (SSSR count). The van der Waals surface area contributed by atoms with Gasteiger partial charge in [0.1, 0.15) is 5.82 Å². The Morgan fingerprint density at radius 2 is 1.91 bits per heavy atom. The molecule has 0 aliphatic heterocycles. The highest BCUT2D eigenvalue weighted by molar-refractivity contribution is 6.34. The molecule has 2 aromatic rings. The Balaban J connectivity index is 1.98. The maximum Gasteiger partial charge on any atom is 0.257 e. The number of carbonyl (C=O) groups excluding carboxylic acids is 1. The van der Waals surface area contributed by atoms with Crippen molar-refractivity contribution in [1.82, 2.24) is 0 Å². The van der Waals surface area contributed by atoms with Gasteiger partial charge < -0.3 is 10.7 Å². The summed E-state index contributed by atoms with van der Waals surface area (Å²) in [5.41, 5.74) is 1.80. The number of nitrogens with one attached hydrogen (secondary N) is 2. The molecule has 0 atom stereocenters. The number of rotatable bonds is 4. The SMILES string of the molecule is CC(=N)c1c(F)cccc1NC(=O)c1c(Cl)cccc1C1CC1. The first-order valence-corrected chi connectivity index (χ1v) is 7.80. The smallest absolute Gasteiger partial charge is 0.257 e. The fourth-order valence-electron chi connectivity index (χ4n) is 2.71. The fraction of sp³-hybridized carbons (Fsp3) is 0.222. The maximum atomic E-state index is 13.9. The number of hydrogen-bond acceptors (Lipinski definition) is 2. The molecule has 5 heteroatoms. The van der Waals surface area contributed by atoms with Crippen molar-refractivity contribution in [1.29, 1.82) is 5.41 Å². The fourth-order valence-corrected chi connectivity index (χ4v) is 2.98. The largest absolute Gasteiger partial charge is 0.321 e. The van der Waals surface area contributed by atoms with Crippen LogP contribution in [0.25, 0.3) is 0 Å². The Bertz CT molecular complexity index is 800. The molecular weight excluding hydrogens is 315 g/mol. The summed E-state index contributed by atoms with van der Waals surface area (Å²) in [4.78, 5) is 12.7. The normalized spacial score (nSPS) is 13.7. The van der Waals surface area contributed by atoms with E-state index in [1.165, 1.54) is 19.1 Å². The average molecular weight is 331 g/mol. The van der Waals surface area contributed by atoms with Gasteiger partial charge in [0, 0.05) is 5.71 Å². The Labute approximate surface area is 139 Å². The minimum absolute atomic E-state index is 0.0555. The summed E-state index contributed by atoms with van der Waals surface area (Å²) in [5.74, 6) is -0.534. The molecule has 2 N–H and O–H groups in total. The van der Waals surface area contributed by atoms with E-state index in [4.69, 9.17) is 17.0 Å². The minimum atomic E-state index is -0.531. The molecule has 0 saturated heterocycles. The van der Waals surface area contributed by atoms with E-state index in [9.17, 15) is 9.18 Å². The summed E-state index contributed by atoms with van der Waals surface area (Å²) in [6.45, 7) is 1.49. The van der Waals surface area contributed by atoms with Crippen molar-refractivity contribution >= 4 is 28.9 Å². The molecule has 0 radical (unpaired) electrons. The molecule has 1 saturated carbocycles. The van der Waals surface area contributed by atoms with E-state index in [1.807, 2.05) is 12.1 Å². The lowest BCUT2D eigenvalue weighted by molar-refractivity contribution is 0.102. The Morgan fingerprint density at radius 1 is 1.22 bits per heavy atom. The molecule has 0 spiro atoms. The van der Waals surface area contributed by atoms with Crippen LogP contribution < -0.4 is 5.32 Å². The molecule has 3 nitrogen and oxygen atoms in total. The lowest BCUT2D eigenvalue weighted by Gasteiger charge is -2.14. The van der Waals surface area contributed by atoms with Gasteiger partial charge in [-0.25, -0.2) is 4.39 Å². The quantitative estimate of drug-likeness (QED) is 0.762. The molecular formula is C18H16ClFN2O. The lowest BCUT2D eigenvalue weighted by atomic mass is 10.0. The van der Waals surface area contributed by atoms with Gasteiger partial charge >= 0.3 is 0 Å². The summed E-state index contributed by atoms with van der Waals surface area (Å²) in [5, 5.41) is 10.8. The van der Waals surface area contributed by atoms with Gasteiger partial charge in [-0.1, -0.05) is 29.8 Å². The van der Waals surface area contributed by atoms with E-state index in [0.29, 0.717) is 16.5 Å². The van der Waals surface area contributed by atoms with Gasteiger partial charge in [-0.05, 0) is 49.4 Å². The van der Waals surface area contributed by atoms with Crippen molar-refractivity contribution in [3.05, 3.63) is 63.9 Å². The van der Waals surface area contributed by atoms with E-state index in [2.05, 4.69) is 5.32 Å². The van der Waals surface area contributed by atoms with Crippen molar-refractivity contribution in [2.45, 2.75) is 25.7 Å². The molecule has 1 amide bonds. The summed E-state index contributed by atoms with van der Waals surface area (Å²) in [6, 6.07) is 9.79. The zero-order valence-corrected chi connectivity index (χ0v) is 13.4. The first-order chi connectivity index (χ1) is 11.0. The van der Waals surface area contributed by atoms with Gasteiger partial charge in [0.15, 0.2) is 0 Å². The average Bonchev–Trinajstić information content (AvgIpc) is 3.30. The van der Waals surface area contributed by atoms with Crippen molar-refractivity contribution in [3.63, 3.8) is 0 Å². The van der Waals surface area contributed by atoms with Crippen LogP contribution in [0.1, 0.15) is 47.2 Å². The Hall–Kier alpha value is -2.20. The van der Waals surface area contributed by atoms with Crippen molar-refractivity contribution in [3.8, 4) is 0 Å². The second-order valence-corrected chi connectivity index (χ2v) is 6.13. The highest BCUT2D eigenvalue weighted by atomic mass is 35.5. The molecule has 0 bridgehead atoms. The van der Waals surface area contributed by atoms with Crippen LogP contribution in [-0.2, 0) is 0 Å². The second-order valence-electron chi connectivity index (χ2n) is 5.72. The van der Waals surface area contributed by atoms with E-state index in [0.717, 1.165) is 18.4 Å². The standard InChI is InChI=1S/C18H16ClFN2O/c1-10(21)16-14(20)6-3-7-15(16)22-18(23)17-12(11-8-9-11)4-2-5-13(17)19/h2-7,11,21H,8-9H2,1H3,(H,22,23). The first-order valence-electron chi connectivity index (χ1n) is 7.43. The van der Waals surface area contributed by atoms with Crippen LogP contribution in [0.5, 0.6) is 0 Å². The van der Waals surface area contributed by atoms with Crippen LogP contribution >= 0.6 is 11.6 Å². The lowest BCUT2D eigenvalue weighted by Crippen LogP contribution is -2.17. The summed E-state index contributed by atoms with van der Waals surface area (Å²) in [6.07, 6.45) is 2.09. The molecule has 0 heterocycles. The zero-order valence-electron chi connectivity index (χ0n) is 12.6. The van der Waals surface area contributed by atoms with E-state index in [-0.39, 0.29) is 22.9 Å². The molecule has 1 fully saturated rings. The summed E-state index contributed by atoms with van der Waals surface area (Å²) < 4.78 is 13.9. The molecule has 0 unspecified atom stereocenters. The molecule has 118 valence electrons. The number of amides is 1. The Morgan fingerprint density at radius 3 is 2.57 bits per heavy atom. The topological polar surface area (TPSA) is 53.0 Å². The third kappa shape index (κ3) is 3.13. The third-order valence-electron chi connectivity index (χ3n) is 3.93. The second kappa shape index (κ2) is 6.13. The van der Waals surface area contributed by atoms with E-state index < -0.39 is 5.82 Å². The van der Waals surface area contributed by atoms with Crippen molar-refractivity contribution in [2.75, 3.05) is 5.32 Å². The molecule has 2 aromatic carbocycles. The molecule has 0 aromatic heterocycles. The van der Waals surface area contributed by atoms with Crippen LogP contribution in [0.3, 0.4) is 0 Å². The number of halogens is 2. The van der Waals surface area contributed by atoms with E-state index >= 15 is 0 Å². The van der Waals surface area contributed by atoms with Gasteiger partial charge in [0.2, 0.25) is 0 Å². The third-order valence-corrected chi connectivity index (χ3v) is 4.24. The van der Waals surface area contributed by atoms with Crippen molar-refractivity contribution < 1.29 is 9.18 Å². The Kier molecular flexibility index (Phi) is 4.18. The molecule has 1 aliphatic carbocycles. The number of carbonyl (C=O) groups is 1. The van der Waals surface area contributed by atoms with E-state index in [1.54, 1.807) is 12.1 Å². The zero-order chi connectivity index (χ0) is 16.6. The van der Waals surface area contributed by atoms with Crippen LogP contribution in [-0.4, -0.2) is 11.6 Å². The van der Waals surface area contributed by atoms with Crippen LogP contribution in [0.2, 0.25) is 5.02 Å². The van der Waals surface area contributed by atoms with Crippen LogP contribution in [0, 0.1) is 11.2 Å². The van der Waals surface area contributed by atoms with Crippen LogP contribution in [0.4, 0.5) is 10.1 Å². The number of anilines is 1. The van der Waals surface area contributed by atoms with Gasteiger partial charge in [-0.2, -0.15) is 0 Å². The maximum absolute atomic E-state index is 13.9. The van der Waals surface area contributed by atoms with Gasteiger partial charge in [0.05, 0.1) is 21.8 Å². The summed E-state index contributed by atoms with van der Waals surface area (Å²) in [7, 11) is 0. The highest BCUT2D eigenvalue weighted by Crippen LogP contribution is 2.43. The predicted octanol–water partition coefficient (Wildman–Crippen LogP) is 5.00. The monoisotopic (exact) mass is 330 g/mol.